The lowest BCUT2D eigenvalue weighted by Crippen LogP contribution is -2.23. The minimum absolute atomic E-state index is 0.0524. The monoisotopic (exact) mass is 407 g/mol. The molecule has 1 atom stereocenters. The van der Waals surface area contributed by atoms with Crippen LogP contribution < -0.4 is 14.9 Å². The van der Waals surface area contributed by atoms with Crippen molar-refractivity contribution in [3.8, 4) is 5.75 Å². The van der Waals surface area contributed by atoms with Crippen LogP contribution in [0, 0.1) is 0 Å². The van der Waals surface area contributed by atoms with Gasteiger partial charge in [-0.3, -0.25) is 5.01 Å². The van der Waals surface area contributed by atoms with Crippen LogP contribution in [-0.2, 0) is 10.0 Å². The smallest absolute Gasteiger partial charge is 0.240 e. The predicted molar refractivity (Wildman–Crippen MR) is 114 cm³/mol. The lowest BCUT2D eigenvalue weighted by atomic mass is 9.98. The Morgan fingerprint density at radius 2 is 1.62 bits per heavy atom. The maximum atomic E-state index is 12.2. The average Bonchev–Trinajstić information content (AvgIpc) is 3.19. The molecule has 0 fully saturated rings. The van der Waals surface area contributed by atoms with Crippen molar-refractivity contribution in [3.63, 3.8) is 0 Å². The third-order valence-electron chi connectivity index (χ3n) is 4.94. The molecule has 0 aliphatic carbocycles. The van der Waals surface area contributed by atoms with Gasteiger partial charge in [0.05, 0.1) is 24.6 Å². The first-order chi connectivity index (χ1) is 14.0. The van der Waals surface area contributed by atoms with Gasteiger partial charge in [-0.15, -0.1) is 0 Å². The maximum Gasteiger partial charge on any atom is 0.240 e. The summed E-state index contributed by atoms with van der Waals surface area (Å²) in [5.74, 6) is 0.757. The van der Waals surface area contributed by atoms with E-state index in [1.165, 1.54) is 6.07 Å². The van der Waals surface area contributed by atoms with E-state index in [2.05, 4.69) is 0 Å². The molecule has 148 valence electrons. The van der Waals surface area contributed by atoms with E-state index >= 15 is 0 Å². The minimum Gasteiger partial charge on any atom is -0.497 e. The van der Waals surface area contributed by atoms with Gasteiger partial charge in [-0.25, -0.2) is 13.6 Å². The highest BCUT2D eigenvalue weighted by molar-refractivity contribution is 7.89. The predicted octanol–water partition coefficient (Wildman–Crippen LogP) is 3.70. The Morgan fingerprint density at radius 3 is 2.28 bits per heavy atom. The van der Waals surface area contributed by atoms with Crippen molar-refractivity contribution in [1.29, 1.82) is 0 Å². The van der Waals surface area contributed by atoms with Crippen LogP contribution in [0.25, 0.3) is 0 Å². The Bertz CT molecular complexity index is 1140. The molecule has 0 radical (unpaired) electrons. The summed E-state index contributed by atoms with van der Waals surface area (Å²) in [4.78, 5) is 0.0524. The minimum atomic E-state index is -3.90. The largest absolute Gasteiger partial charge is 0.497 e. The van der Waals surface area contributed by atoms with Crippen molar-refractivity contribution in [2.45, 2.75) is 17.4 Å². The molecule has 0 saturated heterocycles. The molecule has 0 bridgehead atoms. The van der Waals surface area contributed by atoms with Crippen LogP contribution in [0.1, 0.15) is 23.6 Å². The van der Waals surface area contributed by atoms with Gasteiger partial charge < -0.3 is 4.74 Å². The van der Waals surface area contributed by atoms with Crippen LogP contribution in [0.2, 0.25) is 0 Å². The van der Waals surface area contributed by atoms with Crippen molar-refractivity contribution < 1.29 is 13.2 Å². The Balaban J connectivity index is 1.83. The van der Waals surface area contributed by atoms with Crippen LogP contribution in [0.5, 0.6) is 5.75 Å². The van der Waals surface area contributed by atoms with Crippen molar-refractivity contribution >= 4 is 21.4 Å². The summed E-state index contributed by atoms with van der Waals surface area (Å²) in [6.45, 7) is 0. The summed E-state index contributed by atoms with van der Waals surface area (Å²) in [7, 11) is -2.28. The Hall–Kier alpha value is -3.16. The first-order valence-corrected chi connectivity index (χ1v) is 10.7. The quantitative estimate of drug-likeness (QED) is 0.699. The highest BCUT2D eigenvalue weighted by Crippen LogP contribution is 2.39. The second-order valence-corrected chi connectivity index (χ2v) is 8.29. The first kappa shape index (κ1) is 19.2. The van der Waals surface area contributed by atoms with E-state index in [0.29, 0.717) is 12.1 Å². The zero-order chi connectivity index (χ0) is 20.4. The molecule has 2 N–H and O–H groups in total. The van der Waals surface area contributed by atoms with E-state index in [1.807, 2.05) is 54.6 Å². The van der Waals surface area contributed by atoms with E-state index in [0.717, 1.165) is 22.6 Å². The molecule has 0 amide bonds. The number of hydrazone groups is 1. The second-order valence-electron chi connectivity index (χ2n) is 6.76. The molecule has 3 aromatic rings. The van der Waals surface area contributed by atoms with Gasteiger partial charge in [0, 0.05) is 6.42 Å². The van der Waals surface area contributed by atoms with Crippen LogP contribution in [0.4, 0.5) is 5.69 Å². The van der Waals surface area contributed by atoms with Crippen molar-refractivity contribution in [1.82, 2.24) is 0 Å². The molecule has 1 unspecified atom stereocenters. The summed E-state index contributed by atoms with van der Waals surface area (Å²) < 4.78 is 29.6. The number of ether oxygens (including phenoxy) is 1. The SMILES string of the molecule is COc1ccc(C2CC(c3ccccc3)=NN2c2ccccc2S(N)(=O)=O)cc1. The molecule has 6 nitrogen and oxygen atoms in total. The van der Waals surface area contributed by atoms with Crippen molar-refractivity contribution in [3.05, 3.63) is 90.0 Å². The number of nitrogens with two attached hydrogens (primary N) is 1. The molecular weight excluding hydrogens is 386 g/mol. The second kappa shape index (κ2) is 7.69. The molecule has 4 rings (SSSR count). The standard InChI is InChI=1S/C22H21N3O3S/c1-28-18-13-11-17(12-14-18)21-15-19(16-7-3-2-4-8-16)24-25(21)20-9-5-6-10-22(20)29(23,26)27/h2-14,21H,15H2,1H3,(H2,23,26,27). The zero-order valence-electron chi connectivity index (χ0n) is 15.9. The van der Waals surface area contributed by atoms with Gasteiger partial charge in [-0.1, -0.05) is 54.6 Å². The van der Waals surface area contributed by atoms with Gasteiger partial charge in [-0.2, -0.15) is 5.10 Å². The van der Waals surface area contributed by atoms with Crippen LogP contribution in [0.15, 0.2) is 88.9 Å². The number of benzene rings is 3. The summed E-state index contributed by atoms with van der Waals surface area (Å²) >= 11 is 0. The highest BCUT2D eigenvalue weighted by Gasteiger charge is 2.32. The summed E-state index contributed by atoms with van der Waals surface area (Å²) in [5.41, 5.74) is 3.35. The van der Waals surface area contributed by atoms with Crippen LogP contribution in [-0.4, -0.2) is 21.2 Å². The molecule has 1 aliphatic heterocycles. The van der Waals surface area contributed by atoms with Gasteiger partial charge in [0.1, 0.15) is 10.6 Å². The fourth-order valence-corrected chi connectivity index (χ4v) is 4.23. The van der Waals surface area contributed by atoms with Gasteiger partial charge in [0.25, 0.3) is 0 Å². The molecule has 1 aliphatic rings. The number of nitrogens with zero attached hydrogens (tertiary/aromatic N) is 2. The third-order valence-corrected chi connectivity index (χ3v) is 5.89. The van der Waals surface area contributed by atoms with Gasteiger partial charge in [-0.05, 0) is 35.4 Å². The van der Waals surface area contributed by atoms with E-state index in [9.17, 15) is 8.42 Å². The number of sulfonamides is 1. The molecule has 0 aromatic heterocycles. The number of anilines is 1. The fourth-order valence-electron chi connectivity index (χ4n) is 3.51. The molecular formula is C22H21N3O3S. The normalized spacial score (nSPS) is 16.6. The molecule has 1 heterocycles. The number of rotatable bonds is 5. The van der Waals surface area contributed by atoms with Gasteiger partial charge in [0.2, 0.25) is 10.0 Å². The van der Waals surface area contributed by atoms with E-state index < -0.39 is 10.0 Å². The molecule has 7 heteroatoms. The topological polar surface area (TPSA) is 85.0 Å². The molecule has 29 heavy (non-hydrogen) atoms. The molecule has 3 aromatic carbocycles. The fraction of sp³-hybridized carbons (Fsp3) is 0.136. The van der Waals surface area contributed by atoms with Gasteiger partial charge >= 0.3 is 0 Å². The van der Waals surface area contributed by atoms with Crippen molar-refractivity contribution in [2.75, 3.05) is 12.1 Å². The first-order valence-electron chi connectivity index (χ1n) is 9.15. The number of hydrogen-bond donors (Lipinski definition) is 1. The number of primary sulfonamides is 1. The Kier molecular flexibility index (Phi) is 5.08. The summed E-state index contributed by atoms with van der Waals surface area (Å²) in [5, 5.41) is 12.0. The third kappa shape index (κ3) is 3.87. The Morgan fingerprint density at radius 1 is 0.966 bits per heavy atom. The number of para-hydroxylation sites is 1. The lowest BCUT2D eigenvalue weighted by Gasteiger charge is -2.25. The van der Waals surface area contributed by atoms with E-state index in [4.69, 9.17) is 15.0 Å². The summed E-state index contributed by atoms with van der Waals surface area (Å²) in [6.07, 6.45) is 0.634. The average molecular weight is 407 g/mol. The van der Waals surface area contributed by atoms with Crippen molar-refractivity contribution in [2.24, 2.45) is 10.2 Å². The molecule has 0 spiro atoms. The van der Waals surface area contributed by atoms with Crippen LogP contribution in [0.3, 0.4) is 0 Å². The Labute approximate surface area is 170 Å². The van der Waals surface area contributed by atoms with E-state index in [1.54, 1.807) is 30.3 Å². The van der Waals surface area contributed by atoms with Gasteiger partial charge in [0.15, 0.2) is 0 Å². The summed E-state index contributed by atoms with van der Waals surface area (Å²) in [6, 6.07) is 24.1. The number of methoxy groups -OCH3 is 1. The highest BCUT2D eigenvalue weighted by atomic mass is 32.2. The van der Waals surface area contributed by atoms with E-state index in [-0.39, 0.29) is 10.9 Å². The number of hydrogen-bond acceptors (Lipinski definition) is 5. The lowest BCUT2D eigenvalue weighted by molar-refractivity contribution is 0.414. The zero-order valence-corrected chi connectivity index (χ0v) is 16.7. The molecule has 0 saturated carbocycles. The maximum absolute atomic E-state index is 12.2. The van der Waals surface area contributed by atoms with Crippen LogP contribution >= 0.6 is 0 Å².